The SMILES string of the molecule is CCCC1(C(=O)O)CCN(c2cc(=O)[nH]c(C)n2)CC1. The molecule has 20 heavy (non-hydrogen) atoms. The van der Waals surface area contributed by atoms with Crippen LogP contribution < -0.4 is 10.5 Å². The highest BCUT2D eigenvalue weighted by Crippen LogP contribution is 2.37. The fraction of sp³-hybridized carbons (Fsp3) is 0.643. The van der Waals surface area contributed by atoms with E-state index in [9.17, 15) is 14.7 Å². The molecule has 110 valence electrons. The molecule has 0 atom stereocenters. The summed E-state index contributed by atoms with van der Waals surface area (Å²) in [6, 6.07) is 1.47. The van der Waals surface area contributed by atoms with Crippen LogP contribution >= 0.6 is 0 Å². The quantitative estimate of drug-likeness (QED) is 0.873. The van der Waals surface area contributed by atoms with E-state index in [0.29, 0.717) is 44.0 Å². The molecule has 1 aliphatic rings. The number of hydrogen-bond donors (Lipinski definition) is 2. The molecule has 6 heteroatoms. The van der Waals surface area contributed by atoms with E-state index in [0.717, 1.165) is 6.42 Å². The van der Waals surface area contributed by atoms with Gasteiger partial charge in [-0.25, -0.2) is 4.98 Å². The van der Waals surface area contributed by atoms with Gasteiger partial charge in [0.15, 0.2) is 0 Å². The van der Waals surface area contributed by atoms with Gasteiger partial charge < -0.3 is 15.0 Å². The number of H-pyrrole nitrogens is 1. The predicted molar refractivity (Wildman–Crippen MR) is 76.0 cm³/mol. The Bertz CT molecular complexity index is 545. The first kappa shape index (κ1) is 14.6. The Morgan fingerprint density at radius 1 is 1.50 bits per heavy atom. The van der Waals surface area contributed by atoms with Gasteiger partial charge in [-0.1, -0.05) is 13.3 Å². The van der Waals surface area contributed by atoms with Gasteiger partial charge >= 0.3 is 5.97 Å². The van der Waals surface area contributed by atoms with Crippen LogP contribution in [0.3, 0.4) is 0 Å². The Balaban J connectivity index is 2.14. The number of piperidine rings is 1. The van der Waals surface area contributed by atoms with Crippen molar-refractivity contribution in [1.82, 2.24) is 9.97 Å². The molecule has 0 saturated carbocycles. The lowest BCUT2D eigenvalue weighted by molar-refractivity contribution is -0.150. The lowest BCUT2D eigenvalue weighted by atomic mass is 9.75. The second-order valence-electron chi connectivity index (χ2n) is 5.51. The molecular weight excluding hydrogens is 258 g/mol. The maximum absolute atomic E-state index is 11.5. The molecule has 0 amide bonds. The van der Waals surface area contributed by atoms with Gasteiger partial charge in [-0.05, 0) is 26.2 Å². The zero-order valence-corrected chi connectivity index (χ0v) is 12.0. The number of nitrogens with one attached hydrogen (secondary N) is 1. The Hall–Kier alpha value is -1.85. The number of hydrogen-bond acceptors (Lipinski definition) is 4. The van der Waals surface area contributed by atoms with Crippen LogP contribution in [-0.4, -0.2) is 34.1 Å². The van der Waals surface area contributed by atoms with Crippen LogP contribution in [0.1, 0.15) is 38.4 Å². The van der Waals surface area contributed by atoms with Crippen LogP contribution in [0.4, 0.5) is 5.82 Å². The van der Waals surface area contributed by atoms with Gasteiger partial charge in [-0.15, -0.1) is 0 Å². The largest absolute Gasteiger partial charge is 0.481 e. The summed E-state index contributed by atoms with van der Waals surface area (Å²) in [6.07, 6.45) is 2.78. The fourth-order valence-corrected chi connectivity index (χ4v) is 2.94. The first-order chi connectivity index (χ1) is 9.47. The Kier molecular flexibility index (Phi) is 4.11. The fourth-order valence-electron chi connectivity index (χ4n) is 2.94. The molecule has 6 nitrogen and oxygen atoms in total. The number of aryl methyl sites for hydroxylation is 1. The van der Waals surface area contributed by atoms with E-state index in [2.05, 4.69) is 9.97 Å². The minimum Gasteiger partial charge on any atom is -0.481 e. The molecule has 2 N–H and O–H groups in total. The summed E-state index contributed by atoms with van der Waals surface area (Å²) in [4.78, 5) is 31.9. The van der Waals surface area contributed by atoms with Gasteiger partial charge in [0.05, 0.1) is 5.41 Å². The van der Waals surface area contributed by atoms with E-state index in [-0.39, 0.29) is 5.56 Å². The lowest BCUT2D eigenvalue weighted by Crippen LogP contribution is -2.45. The summed E-state index contributed by atoms with van der Waals surface area (Å²) in [6.45, 7) is 5.01. The number of anilines is 1. The smallest absolute Gasteiger partial charge is 0.309 e. The summed E-state index contributed by atoms with van der Waals surface area (Å²) in [7, 11) is 0. The molecule has 0 aromatic carbocycles. The highest BCUT2D eigenvalue weighted by molar-refractivity contribution is 5.75. The van der Waals surface area contributed by atoms with Crippen molar-refractivity contribution in [2.24, 2.45) is 5.41 Å². The third-order valence-electron chi connectivity index (χ3n) is 4.07. The van der Waals surface area contributed by atoms with Gasteiger partial charge in [0, 0.05) is 19.2 Å². The number of carboxylic acid groups (broad SMARTS) is 1. The van der Waals surface area contributed by atoms with E-state index in [1.807, 2.05) is 11.8 Å². The van der Waals surface area contributed by atoms with Crippen LogP contribution in [-0.2, 0) is 4.79 Å². The van der Waals surface area contributed by atoms with Crippen molar-refractivity contribution in [1.29, 1.82) is 0 Å². The monoisotopic (exact) mass is 279 g/mol. The van der Waals surface area contributed by atoms with Crippen molar-refractivity contribution >= 4 is 11.8 Å². The van der Waals surface area contributed by atoms with E-state index in [4.69, 9.17) is 0 Å². The molecule has 0 aliphatic carbocycles. The number of carboxylic acids is 1. The molecule has 0 unspecified atom stereocenters. The zero-order chi connectivity index (χ0) is 14.8. The number of rotatable bonds is 4. The second-order valence-corrected chi connectivity index (χ2v) is 5.51. The van der Waals surface area contributed by atoms with Crippen LogP contribution in [0.25, 0.3) is 0 Å². The molecule has 0 spiro atoms. The van der Waals surface area contributed by atoms with Crippen LogP contribution in [0.5, 0.6) is 0 Å². The summed E-state index contributed by atoms with van der Waals surface area (Å²) in [5.41, 5.74) is -0.780. The maximum atomic E-state index is 11.5. The predicted octanol–water partition coefficient (Wildman–Crippen LogP) is 1.55. The van der Waals surface area contributed by atoms with Crippen molar-refractivity contribution in [3.8, 4) is 0 Å². The maximum Gasteiger partial charge on any atom is 0.309 e. The number of nitrogens with zero attached hydrogens (tertiary/aromatic N) is 2. The average molecular weight is 279 g/mol. The molecule has 2 heterocycles. The average Bonchev–Trinajstić information content (AvgIpc) is 2.38. The third-order valence-corrected chi connectivity index (χ3v) is 4.07. The van der Waals surface area contributed by atoms with Crippen molar-refractivity contribution in [3.05, 3.63) is 22.2 Å². The topological polar surface area (TPSA) is 86.3 Å². The second kappa shape index (κ2) is 5.64. The van der Waals surface area contributed by atoms with Crippen LogP contribution in [0.15, 0.2) is 10.9 Å². The summed E-state index contributed by atoms with van der Waals surface area (Å²) in [5, 5.41) is 9.48. The molecule has 1 aromatic heterocycles. The van der Waals surface area contributed by atoms with Crippen molar-refractivity contribution in [2.75, 3.05) is 18.0 Å². The van der Waals surface area contributed by atoms with Crippen molar-refractivity contribution < 1.29 is 9.90 Å². The minimum absolute atomic E-state index is 0.170. The highest BCUT2D eigenvalue weighted by Gasteiger charge is 2.40. The number of aliphatic carboxylic acids is 1. The minimum atomic E-state index is -0.700. The van der Waals surface area contributed by atoms with E-state index in [1.165, 1.54) is 6.07 Å². The van der Waals surface area contributed by atoms with Gasteiger partial charge in [0.1, 0.15) is 11.6 Å². The van der Waals surface area contributed by atoms with Gasteiger partial charge in [0.25, 0.3) is 5.56 Å². The Morgan fingerprint density at radius 2 is 2.15 bits per heavy atom. The first-order valence-corrected chi connectivity index (χ1v) is 7.03. The highest BCUT2D eigenvalue weighted by atomic mass is 16.4. The lowest BCUT2D eigenvalue weighted by Gasteiger charge is -2.39. The van der Waals surface area contributed by atoms with Crippen LogP contribution in [0, 0.1) is 12.3 Å². The van der Waals surface area contributed by atoms with E-state index in [1.54, 1.807) is 6.92 Å². The normalized spacial score (nSPS) is 18.0. The summed E-state index contributed by atoms with van der Waals surface area (Å²) < 4.78 is 0. The van der Waals surface area contributed by atoms with Crippen molar-refractivity contribution in [3.63, 3.8) is 0 Å². The van der Waals surface area contributed by atoms with Gasteiger partial charge in [-0.2, -0.15) is 0 Å². The Morgan fingerprint density at radius 3 is 2.65 bits per heavy atom. The van der Waals surface area contributed by atoms with Gasteiger partial charge in [-0.3, -0.25) is 9.59 Å². The molecule has 0 bridgehead atoms. The molecular formula is C14H21N3O3. The number of carbonyl (C=O) groups is 1. The molecule has 1 fully saturated rings. The van der Waals surface area contributed by atoms with Crippen LogP contribution in [0.2, 0.25) is 0 Å². The standard InChI is InChI=1S/C14H21N3O3/c1-3-4-14(13(19)20)5-7-17(8-6-14)11-9-12(18)16-10(2)15-11/h9H,3-8H2,1-2H3,(H,19,20)(H,15,16,18). The summed E-state index contributed by atoms with van der Waals surface area (Å²) in [5.74, 6) is 0.520. The third kappa shape index (κ3) is 2.84. The molecule has 1 aliphatic heterocycles. The van der Waals surface area contributed by atoms with Crippen molar-refractivity contribution in [2.45, 2.75) is 39.5 Å². The number of aromatic amines is 1. The molecule has 2 rings (SSSR count). The Labute approximate surface area is 117 Å². The molecule has 0 radical (unpaired) electrons. The first-order valence-electron chi connectivity index (χ1n) is 7.03. The van der Waals surface area contributed by atoms with E-state index >= 15 is 0 Å². The van der Waals surface area contributed by atoms with Gasteiger partial charge in [0.2, 0.25) is 0 Å². The van der Waals surface area contributed by atoms with E-state index < -0.39 is 11.4 Å². The molecule has 1 aromatic rings. The summed E-state index contributed by atoms with van der Waals surface area (Å²) >= 11 is 0. The zero-order valence-electron chi connectivity index (χ0n) is 12.0. The molecule has 1 saturated heterocycles. The number of aromatic nitrogens is 2.